The molecule has 1 atom stereocenters. The van der Waals surface area contributed by atoms with Gasteiger partial charge in [0.1, 0.15) is 11.8 Å². The van der Waals surface area contributed by atoms with E-state index in [4.69, 9.17) is 0 Å². The number of nitrogens with zero attached hydrogens (tertiary/aromatic N) is 5. The lowest BCUT2D eigenvalue weighted by atomic mass is 10.1. The van der Waals surface area contributed by atoms with E-state index < -0.39 is 0 Å². The molecule has 0 spiro atoms. The first-order chi connectivity index (χ1) is 12.8. The Balaban J connectivity index is 1.47. The van der Waals surface area contributed by atoms with E-state index in [1.807, 2.05) is 0 Å². The minimum atomic E-state index is 0.198. The van der Waals surface area contributed by atoms with Crippen LogP contribution in [0.2, 0.25) is 0 Å². The number of imidazole rings is 1. The predicted molar refractivity (Wildman–Crippen MR) is 101 cm³/mol. The average Bonchev–Trinajstić information content (AvgIpc) is 3.17. The molecule has 7 nitrogen and oxygen atoms in total. The number of aliphatic hydroxyl groups excluding tert-OH is 1. The molecule has 0 aliphatic carbocycles. The third-order valence-corrected chi connectivity index (χ3v) is 5.10. The van der Waals surface area contributed by atoms with Crippen LogP contribution >= 0.6 is 0 Å². The Kier molecular flexibility index (Phi) is 5.08. The molecular weight excluding hydrogens is 328 g/mol. The topological polar surface area (TPSA) is 81.2 Å². The van der Waals surface area contributed by atoms with Crippen molar-refractivity contribution >= 4 is 17.0 Å². The van der Waals surface area contributed by atoms with Crippen LogP contribution in [0.5, 0.6) is 0 Å². The molecular formula is C19H24N6O. The summed E-state index contributed by atoms with van der Waals surface area (Å²) in [5, 5.41) is 9.53. The molecule has 136 valence electrons. The van der Waals surface area contributed by atoms with Crippen molar-refractivity contribution in [2.45, 2.75) is 18.9 Å². The molecule has 1 aliphatic heterocycles. The summed E-state index contributed by atoms with van der Waals surface area (Å²) in [5.74, 6) is 0.901. The zero-order valence-electron chi connectivity index (χ0n) is 14.8. The van der Waals surface area contributed by atoms with Crippen LogP contribution in [0.1, 0.15) is 12.0 Å². The Morgan fingerprint density at radius 1 is 1.12 bits per heavy atom. The quantitative estimate of drug-likeness (QED) is 0.699. The van der Waals surface area contributed by atoms with E-state index in [9.17, 15) is 5.11 Å². The summed E-state index contributed by atoms with van der Waals surface area (Å²) in [6.07, 6.45) is 5.02. The average molecular weight is 352 g/mol. The minimum Gasteiger partial charge on any atom is -0.396 e. The highest BCUT2D eigenvalue weighted by Crippen LogP contribution is 2.24. The normalized spacial score (nSPS) is 18.5. The maximum atomic E-state index is 9.53. The van der Waals surface area contributed by atoms with Crippen molar-refractivity contribution in [3.05, 3.63) is 48.5 Å². The van der Waals surface area contributed by atoms with E-state index in [0.29, 0.717) is 11.7 Å². The number of aromatic amines is 1. The summed E-state index contributed by atoms with van der Waals surface area (Å²) in [6.45, 7) is 3.91. The Morgan fingerprint density at radius 3 is 2.85 bits per heavy atom. The van der Waals surface area contributed by atoms with Crippen molar-refractivity contribution in [1.82, 2.24) is 24.8 Å². The molecule has 26 heavy (non-hydrogen) atoms. The second-order valence-corrected chi connectivity index (χ2v) is 6.68. The van der Waals surface area contributed by atoms with Crippen LogP contribution in [-0.4, -0.2) is 68.8 Å². The molecule has 1 aromatic carbocycles. The molecule has 3 aromatic rings. The number of hydrogen-bond acceptors (Lipinski definition) is 6. The summed E-state index contributed by atoms with van der Waals surface area (Å²) >= 11 is 0. The molecule has 7 heteroatoms. The Labute approximate surface area is 152 Å². The van der Waals surface area contributed by atoms with Crippen LogP contribution in [0, 0.1) is 0 Å². The maximum Gasteiger partial charge on any atom is 0.182 e. The third-order valence-electron chi connectivity index (χ3n) is 5.10. The number of nitrogens with one attached hydrogen (secondary N) is 1. The second kappa shape index (κ2) is 7.80. The number of aliphatic hydroxyl groups is 1. The molecule has 4 rings (SSSR count). The van der Waals surface area contributed by atoms with Crippen molar-refractivity contribution in [3.63, 3.8) is 0 Å². The van der Waals surface area contributed by atoms with Gasteiger partial charge in [0.2, 0.25) is 0 Å². The maximum absolute atomic E-state index is 9.53. The van der Waals surface area contributed by atoms with Crippen molar-refractivity contribution in [3.8, 4) is 0 Å². The summed E-state index contributed by atoms with van der Waals surface area (Å²) in [7, 11) is 0. The van der Waals surface area contributed by atoms with Gasteiger partial charge in [-0.25, -0.2) is 15.0 Å². The fraction of sp³-hybridized carbons (Fsp3) is 0.421. The van der Waals surface area contributed by atoms with Gasteiger partial charge in [0, 0.05) is 38.8 Å². The van der Waals surface area contributed by atoms with Gasteiger partial charge in [-0.15, -0.1) is 0 Å². The Hall–Kier alpha value is -2.51. The lowest BCUT2D eigenvalue weighted by Crippen LogP contribution is -2.54. The largest absolute Gasteiger partial charge is 0.396 e. The van der Waals surface area contributed by atoms with Crippen molar-refractivity contribution in [1.29, 1.82) is 0 Å². The highest BCUT2D eigenvalue weighted by Gasteiger charge is 2.28. The van der Waals surface area contributed by atoms with E-state index >= 15 is 0 Å². The first-order valence-electron chi connectivity index (χ1n) is 9.13. The van der Waals surface area contributed by atoms with Crippen LogP contribution < -0.4 is 4.90 Å². The minimum absolute atomic E-state index is 0.198. The summed E-state index contributed by atoms with van der Waals surface area (Å²) in [6, 6.07) is 10.9. The molecule has 0 unspecified atom stereocenters. The highest BCUT2D eigenvalue weighted by molar-refractivity contribution is 5.82. The first-order valence-corrected chi connectivity index (χ1v) is 9.13. The molecule has 0 amide bonds. The Bertz CT molecular complexity index is 836. The molecule has 2 aromatic heterocycles. The van der Waals surface area contributed by atoms with E-state index in [2.05, 4.69) is 60.1 Å². The van der Waals surface area contributed by atoms with Gasteiger partial charge >= 0.3 is 0 Å². The van der Waals surface area contributed by atoms with Gasteiger partial charge < -0.3 is 15.0 Å². The third kappa shape index (κ3) is 3.54. The number of rotatable bonds is 6. The van der Waals surface area contributed by atoms with Crippen molar-refractivity contribution < 1.29 is 5.11 Å². The lowest BCUT2D eigenvalue weighted by molar-refractivity contribution is 0.143. The second-order valence-electron chi connectivity index (χ2n) is 6.68. The fourth-order valence-corrected chi connectivity index (χ4v) is 3.71. The van der Waals surface area contributed by atoms with Gasteiger partial charge in [0.05, 0.1) is 6.33 Å². The number of hydrogen-bond donors (Lipinski definition) is 2. The molecule has 1 fully saturated rings. The molecule has 0 bridgehead atoms. The van der Waals surface area contributed by atoms with Crippen LogP contribution in [0.15, 0.2) is 43.0 Å². The smallest absolute Gasteiger partial charge is 0.182 e. The zero-order valence-corrected chi connectivity index (χ0v) is 14.8. The van der Waals surface area contributed by atoms with Crippen molar-refractivity contribution in [2.24, 2.45) is 0 Å². The van der Waals surface area contributed by atoms with Gasteiger partial charge in [0.15, 0.2) is 11.5 Å². The zero-order chi connectivity index (χ0) is 17.8. The van der Waals surface area contributed by atoms with E-state index in [1.54, 1.807) is 12.7 Å². The molecule has 2 N–H and O–H groups in total. The molecule has 0 saturated carbocycles. The SMILES string of the molecule is OCC[C@H]1CN(c2ncnc3nc[nH]c23)CCN1CCc1ccccc1. The molecule has 0 radical (unpaired) electrons. The predicted octanol–water partition coefficient (Wildman–Crippen LogP) is 1.47. The fourth-order valence-electron chi connectivity index (χ4n) is 3.71. The summed E-state index contributed by atoms with van der Waals surface area (Å²) in [4.78, 5) is 20.8. The summed E-state index contributed by atoms with van der Waals surface area (Å²) < 4.78 is 0. The first kappa shape index (κ1) is 16.9. The van der Waals surface area contributed by atoms with Crippen LogP contribution in [0.25, 0.3) is 11.2 Å². The van der Waals surface area contributed by atoms with Gasteiger partial charge in [-0.05, 0) is 18.4 Å². The highest BCUT2D eigenvalue weighted by atomic mass is 16.3. The van der Waals surface area contributed by atoms with Gasteiger partial charge in [-0.1, -0.05) is 30.3 Å². The van der Waals surface area contributed by atoms with Gasteiger partial charge in [-0.2, -0.15) is 0 Å². The van der Waals surface area contributed by atoms with Crippen LogP contribution in [0.3, 0.4) is 0 Å². The van der Waals surface area contributed by atoms with Crippen LogP contribution in [0.4, 0.5) is 5.82 Å². The molecule has 3 heterocycles. The number of benzene rings is 1. The number of piperazine rings is 1. The van der Waals surface area contributed by atoms with E-state index in [0.717, 1.165) is 50.4 Å². The Morgan fingerprint density at radius 2 is 2.00 bits per heavy atom. The van der Waals surface area contributed by atoms with E-state index in [1.165, 1.54) is 5.56 Å². The standard InChI is InChI=1S/C19H24N6O/c26-11-7-16-12-25(19-17-18(21-13-20-17)22-14-23-19)10-9-24(16)8-6-15-4-2-1-3-5-15/h1-5,13-14,16,26H,6-12H2,(H,20,21,22,23)/t16-/m0/s1. The van der Waals surface area contributed by atoms with Gasteiger partial charge in [-0.3, -0.25) is 4.90 Å². The number of aromatic nitrogens is 4. The van der Waals surface area contributed by atoms with E-state index in [-0.39, 0.29) is 6.61 Å². The summed E-state index contributed by atoms with van der Waals surface area (Å²) in [5.41, 5.74) is 2.93. The number of H-pyrrole nitrogens is 1. The van der Waals surface area contributed by atoms with Crippen LogP contribution in [-0.2, 0) is 6.42 Å². The lowest BCUT2D eigenvalue weighted by Gasteiger charge is -2.42. The number of fused-ring (bicyclic) bond motifs is 1. The van der Waals surface area contributed by atoms with Gasteiger partial charge in [0.25, 0.3) is 0 Å². The molecule has 1 saturated heterocycles. The van der Waals surface area contributed by atoms with Crippen molar-refractivity contribution in [2.75, 3.05) is 37.7 Å². The number of anilines is 1. The molecule has 1 aliphatic rings. The monoisotopic (exact) mass is 352 g/mol.